The second-order valence-electron chi connectivity index (χ2n) is 4.18. The fourth-order valence-electron chi connectivity index (χ4n) is 1.99. The highest BCUT2D eigenvalue weighted by Crippen LogP contribution is 2.23. The summed E-state index contributed by atoms with van der Waals surface area (Å²) in [6, 6.07) is 7.61. The van der Waals surface area contributed by atoms with E-state index in [0.717, 1.165) is 11.3 Å². The summed E-state index contributed by atoms with van der Waals surface area (Å²) in [7, 11) is 0. The molecule has 0 spiro atoms. The van der Waals surface area contributed by atoms with Crippen molar-refractivity contribution in [2.75, 3.05) is 18.9 Å². The maximum atomic E-state index is 12.3. The van der Waals surface area contributed by atoms with E-state index >= 15 is 0 Å². The zero-order chi connectivity index (χ0) is 13.2. The average Bonchev–Trinajstić information content (AvgIpc) is 2.73. The first-order valence-corrected chi connectivity index (χ1v) is 5.83. The van der Waals surface area contributed by atoms with Gasteiger partial charge in [-0.2, -0.15) is 0 Å². The van der Waals surface area contributed by atoms with E-state index in [1.165, 1.54) is 0 Å². The summed E-state index contributed by atoms with van der Waals surface area (Å²) in [5.74, 6) is 0.492. The molecule has 2 heterocycles. The van der Waals surface area contributed by atoms with Gasteiger partial charge in [-0.25, -0.2) is 4.63 Å². The van der Waals surface area contributed by atoms with Crippen molar-refractivity contribution < 1.29 is 14.2 Å². The Labute approximate surface area is 108 Å². The van der Waals surface area contributed by atoms with Crippen LogP contribution in [-0.4, -0.2) is 34.3 Å². The van der Waals surface area contributed by atoms with Crippen LogP contribution in [0, 0.1) is 0 Å². The van der Waals surface area contributed by atoms with Crippen LogP contribution in [0.1, 0.15) is 16.1 Å². The normalized spacial score (nSPS) is 14.4. The van der Waals surface area contributed by atoms with Gasteiger partial charge in [-0.1, -0.05) is 18.2 Å². The largest absolute Gasteiger partial charge is 0.491 e. The molecule has 1 aromatic heterocycles. The Bertz CT molecular complexity index is 611. The number of carbonyl (C=O) groups is 1. The van der Waals surface area contributed by atoms with Crippen molar-refractivity contribution in [3.63, 3.8) is 0 Å². The number of aromatic nitrogens is 2. The van der Waals surface area contributed by atoms with Gasteiger partial charge in [0.05, 0.1) is 6.54 Å². The van der Waals surface area contributed by atoms with E-state index in [1.54, 1.807) is 4.90 Å². The maximum absolute atomic E-state index is 12.3. The highest BCUT2D eigenvalue weighted by molar-refractivity contribution is 5.96. The SMILES string of the molecule is Nc1nonc1C(=O)N1CCOc2ccccc2C1. The molecular weight excluding hydrogens is 248 g/mol. The number of anilines is 1. The van der Waals surface area contributed by atoms with Crippen molar-refractivity contribution in [2.45, 2.75) is 6.54 Å². The number of benzene rings is 1. The summed E-state index contributed by atoms with van der Waals surface area (Å²) in [5, 5.41) is 6.95. The van der Waals surface area contributed by atoms with Gasteiger partial charge in [0.15, 0.2) is 0 Å². The second kappa shape index (κ2) is 4.60. The van der Waals surface area contributed by atoms with E-state index in [2.05, 4.69) is 14.9 Å². The molecule has 0 bridgehead atoms. The molecule has 1 aromatic carbocycles. The number of para-hydroxylation sites is 1. The number of fused-ring (bicyclic) bond motifs is 1. The molecule has 7 nitrogen and oxygen atoms in total. The summed E-state index contributed by atoms with van der Waals surface area (Å²) in [6.45, 7) is 1.33. The minimum absolute atomic E-state index is 0.00319. The third kappa shape index (κ3) is 2.10. The fourth-order valence-corrected chi connectivity index (χ4v) is 1.99. The van der Waals surface area contributed by atoms with E-state index in [9.17, 15) is 4.79 Å². The number of amides is 1. The number of nitrogens with zero attached hydrogens (tertiary/aromatic N) is 3. The highest BCUT2D eigenvalue weighted by Gasteiger charge is 2.25. The minimum Gasteiger partial charge on any atom is -0.491 e. The first kappa shape index (κ1) is 11.5. The molecule has 1 amide bonds. The van der Waals surface area contributed by atoms with Crippen LogP contribution in [0.15, 0.2) is 28.9 Å². The highest BCUT2D eigenvalue weighted by atomic mass is 16.6. The van der Waals surface area contributed by atoms with Crippen LogP contribution >= 0.6 is 0 Å². The fraction of sp³-hybridized carbons (Fsp3) is 0.250. The Morgan fingerprint density at radius 3 is 2.95 bits per heavy atom. The lowest BCUT2D eigenvalue weighted by atomic mass is 10.2. The van der Waals surface area contributed by atoms with E-state index in [0.29, 0.717) is 19.7 Å². The van der Waals surface area contributed by atoms with Gasteiger partial charge in [0.2, 0.25) is 11.5 Å². The van der Waals surface area contributed by atoms with Crippen molar-refractivity contribution in [1.29, 1.82) is 0 Å². The number of nitrogen functional groups attached to an aromatic ring is 1. The van der Waals surface area contributed by atoms with E-state index in [4.69, 9.17) is 10.5 Å². The maximum Gasteiger partial charge on any atom is 0.280 e. The molecule has 0 atom stereocenters. The smallest absolute Gasteiger partial charge is 0.280 e. The molecule has 0 unspecified atom stereocenters. The molecule has 1 aliphatic heterocycles. The van der Waals surface area contributed by atoms with Crippen LogP contribution < -0.4 is 10.5 Å². The Morgan fingerprint density at radius 2 is 2.16 bits per heavy atom. The molecule has 0 radical (unpaired) electrons. The predicted molar refractivity (Wildman–Crippen MR) is 65.4 cm³/mol. The lowest BCUT2D eigenvalue weighted by molar-refractivity contribution is 0.0723. The van der Waals surface area contributed by atoms with Crippen LogP contribution in [0.3, 0.4) is 0 Å². The molecule has 7 heteroatoms. The predicted octanol–water partition coefficient (Wildman–Crippen LogP) is 0.687. The molecule has 2 N–H and O–H groups in total. The molecule has 0 saturated heterocycles. The van der Waals surface area contributed by atoms with E-state index in [-0.39, 0.29) is 17.4 Å². The molecule has 19 heavy (non-hydrogen) atoms. The zero-order valence-electron chi connectivity index (χ0n) is 10.1. The van der Waals surface area contributed by atoms with Gasteiger partial charge < -0.3 is 15.4 Å². The molecule has 0 saturated carbocycles. The van der Waals surface area contributed by atoms with Crippen LogP contribution in [0.25, 0.3) is 0 Å². The first-order chi connectivity index (χ1) is 9.25. The summed E-state index contributed by atoms with van der Waals surface area (Å²) >= 11 is 0. The number of ether oxygens (including phenoxy) is 1. The molecule has 2 aromatic rings. The number of nitrogens with two attached hydrogens (primary N) is 1. The number of hydrogen-bond donors (Lipinski definition) is 1. The summed E-state index contributed by atoms with van der Waals surface area (Å²) in [6.07, 6.45) is 0. The average molecular weight is 260 g/mol. The third-order valence-corrected chi connectivity index (χ3v) is 2.96. The van der Waals surface area contributed by atoms with Gasteiger partial charge in [-0.3, -0.25) is 4.79 Å². The number of carbonyl (C=O) groups excluding carboxylic acids is 1. The van der Waals surface area contributed by atoms with E-state index < -0.39 is 0 Å². The lowest BCUT2D eigenvalue weighted by Gasteiger charge is -2.18. The van der Waals surface area contributed by atoms with Gasteiger partial charge in [-0.05, 0) is 16.4 Å². The number of hydrogen-bond acceptors (Lipinski definition) is 6. The van der Waals surface area contributed by atoms with Gasteiger partial charge in [0, 0.05) is 12.1 Å². The van der Waals surface area contributed by atoms with Gasteiger partial charge in [-0.15, -0.1) is 0 Å². The second-order valence-corrected chi connectivity index (χ2v) is 4.18. The minimum atomic E-state index is -0.306. The molecule has 0 aliphatic carbocycles. The van der Waals surface area contributed by atoms with Crippen molar-refractivity contribution in [1.82, 2.24) is 15.2 Å². The number of rotatable bonds is 1. The van der Waals surface area contributed by atoms with Crippen molar-refractivity contribution in [2.24, 2.45) is 0 Å². The molecule has 98 valence electrons. The van der Waals surface area contributed by atoms with Crippen LogP contribution in [0.4, 0.5) is 5.82 Å². The zero-order valence-corrected chi connectivity index (χ0v) is 10.1. The summed E-state index contributed by atoms with van der Waals surface area (Å²) < 4.78 is 10.0. The van der Waals surface area contributed by atoms with Gasteiger partial charge in [0.1, 0.15) is 12.4 Å². The first-order valence-electron chi connectivity index (χ1n) is 5.83. The van der Waals surface area contributed by atoms with Crippen LogP contribution in [0.2, 0.25) is 0 Å². The van der Waals surface area contributed by atoms with Crippen LogP contribution in [0.5, 0.6) is 5.75 Å². The summed E-state index contributed by atoms with van der Waals surface area (Å²) in [4.78, 5) is 13.9. The topological polar surface area (TPSA) is 94.5 Å². The third-order valence-electron chi connectivity index (χ3n) is 2.96. The Morgan fingerprint density at radius 1 is 1.32 bits per heavy atom. The Hall–Kier alpha value is -2.57. The van der Waals surface area contributed by atoms with Crippen LogP contribution in [-0.2, 0) is 6.54 Å². The summed E-state index contributed by atoms with van der Waals surface area (Å²) in [5.41, 5.74) is 6.52. The quantitative estimate of drug-likeness (QED) is 0.810. The standard InChI is InChI=1S/C12H12N4O3/c13-11-10(14-19-15-11)12(17)16-5-6-18-9-4-2-1-3-8(9)7-16/h1-4H,5-7H2,(H2,13,15). The van der Waals surface area contributed by atoms with Crippen molar-refractivity contribution >= 4 is 11.7 Å². The Kier molecular flexibility index (Phi) is 2.79. The lowest BCUT2D eigenvalue weighted by Crippen LogP contribution is -2.33. The molecule has 3 rings (SSSR count). The Balaban J connectivity index is 1.87. The van der Waals surface area contributed by atoms with E-state index in [1.807, 2.05) is 24.3 Å². The molecule has 0 fully saturated rings. The van der Waals surface area contributed by atoms with Gasteiger partial charge in [0.25, 0.3) is 5.91 Å². The van der Waals surface area contributed by atoms with Gasteiger partial charge >= 0.3 is 0 Å². The van der Waals surface area contributed by atoms with Crippen molar-refractivity contribution in [3.8, 4) is 5.75 Å². The monoisotopic (exact) mass is 260 g/mol. The molecular formula is C12H12N4O3. The van der Waals surface area contributed by atoms with Crippen molar-refractivity contribution in [3.05, 3.63) is 35.5 Å². The molecule has 1 aliphatic rings.